The van der Waals surface area contributed by atoms with Crippen molar-refractivity contribution in [1.29, 1.82) is 0 Å². The summed E-state index contributed by atoms with van der Waals surface area (Å²) >= 11 is 1.53. The number of rotatable bonds is 5. The Kier molecular flexibility index (Phi) is 5.37. The minimum atomic E-state index is -0.679. The zero-order chi connectivity index (χ0) is 16.9. The lowest BCUT2D eigenvalue weighted by molar-refractivity contribution is 0.175. The SMILES string of the molecule is Cc1cc(NC(=O)NCC(O)c2ccsc2)ccc1N1CCCC1. The third-order valence-corrected chi connectivity index (χ3v) is 4.99. The first-order valence-electron chi connectivity index (χ1n) is 8.24. The van der Waals surface area contributed by atoms with Gasteiger partial charge >= 0.3 is 6.03 Å². The molecule has 3 N–H and O–H groups in total. The van der Waals surface area contributed by atoms with Gasteiger partial charge in [0.25, 0.3) is 0 Å². The molecule has 6 heteroatoms. The number of carbonyl (C=O) groups is 1. The lowest BCUT2D eigenvalue weighted by Crippen LogP contribution is -2.32. The molecule has 3 rings (SSSR count). The van der Waals surface area contributed by atoms with E-state index in [0.717, 1.165) is 29.9 Å². The van der Waals surface area contributed by atoms with E-state index in [1.54, 1.807) is 0 Å². The quantitative estimate of drug-likeness (QED) is 0.777. The fourth-order valence-electron chi connectivity index (χ4n) is 2.99. The molecule has 1 unspecified atom stereocenters. The lowest BCUT2D eigenvalue weighted by Gasteiger charge is -2.21. The van der Waals surface area contributed by atoms with E-state index in [0.29, 0.717) is 0 Å². The number of aliphatic hydroxyl groups excluding tert-OH is 1. The average Bonchev–Trinajstić information content (AvgIpc) is 3.26. The maximum Gasteiger partial charge on any atom is 0.319 e. The minimum Gasteiger partial charge on any atom is -0.387 e. The predicted octanol–water partition coefficient (Wildman–Crippen LogP) is 3.51. The normalized spacial score (nSPS) is 15.3. The third kappa shape index (κ3) is 4.07. The number of hydrogen-bond donors (Lipinski definition) is 3. The van der Waals surface area contributed by atoms with E-state index in [1.165, 1.54) is 29.9 Å². The first-order chi connectivity index (χ1) is 11.6. The molecule has 0 spiro atoms. The Labute approximate surface area is 146 Å². The summed E-state index contributed by atoms with van der Waals surface area (Å²) in [7, 11) is 0. The molecule has 128 valence electrons. The van der Waals surface area contributed by atoms with Gasteiger partial charge in [0.15, 0.2) is 0 Å². The number of carbonyl (C=O) groups excluding carboxylic acids is 1. The number of thiophene rings is 1. The Bertz CT molecular complexity index is 682. The molecule has 1 saturated heterocycles. The number of aryl methyl sites for hydroxylation is 1. The second kappa shape index (κ2) is 7.68. The van der Waals surface area contributed by atoms with Crippen LogP contribution in [0.5, 0.6) is 0 Å². The van der Waals surface area contributed by atoms with Crippen LogP contribution >= 0.6 is 11.3 Å². The van der Waals surface area contributed by atoms with Crippen molar-refractivity contribution < 1.29 is 9.90 Å². The van der Waals surface area contributed by atoms with E-state index in [9.17, 15) is 9.90 Å². The summed E-state index contributed by atoms with van der Waals surface area (Å²) in [4.78, 5) is 14.4. The van der Waals surface area contributed by atoms with Crippen molar-refractivity contribution >= 4 is 28.7 Å². The molecular formula is C18H23N3O2S. The second-order valence-corrected chi connectivity index (χ2v) is 6.88. The maximum atomic E-state index is 12.0. The number of amides is 2. The van der Waals surface area contributed by atoms with Crippen molar-refractivity contribution in [2.24, 2.45) is 0 Å². The third-order valence-electron chi connectivity index (χ3n) is 4.29. The summed E-state index contributed by atoms with van der Waals surface area (Å²) in [5.74, 6) is 0. The van der Waals surface area contributed by atoms with Crippen LogP contribution in [-0.2, 0) is 0 Å². The molecule has 0 bridgehead atoms. The molecule has 0 radical (unpaired) electrons. The van der Waals surface area contributed by atoms with Crippen LogP contribution in [-0.4, -0.2) is 30.8 Å². The first kappa shape index (κ1) is 16.8. The van der Waals surface area contributed by atoms with Gasteiger partial charge in [0, 0.05) is 31.0 Å². The smallest absolute Gasteiger partial charge is 0.319 e. The second-order valence-electron chi connectivity index (χ2n) is 6.10. The number of hydrogen-bond acceptors (Lipinski definition) is 4. The van der Waals surface area contributed by atoms with Gasteiger partial charge < -0.3 is 20.6 Å². The van der Waals surface area contributed by atoms with Crippen molar-refractivity contribution in [2.75, 3.05) is 29.9 Å². The van der Waals surface area contributed by atoms with Gasteiger partial charge in [-0.15, -0.1) is 0 Å². The van der Waals surface area contributed by atoms with Crippen molar-refractivity contribution in [2.45, 2.75) is 25.9 Å². The monoisotopic (exact) mass is 345 g/mol. The molecule has 24 heavy (non-hydrogen) atoms. The van der Waals surface area contributed by atoms with E-state index >= 15 is 0 Å². The summed E-state index contributed by atoms with van der Waals surface area (Å²) in [6, 6.07) is 7.53. The minimum absolute atomic E-state index is 0.188. The molecular weight excluding hydrogens is 322 g/mol. The first-order valence-corrected chi connectivity index (χ1v) is 9.18. The molecule has 0 saturated carbocycles. The highest BCUT2D eigenvalue weighted by Crippen LogP contribution is 2.26. The van der Waals surface area contributed by atoms with Crippen LogP contribution in [0.3, 0.4) is 0 Å². The summed E-state index contributed by atoms with van der Waals surface area (Å²) in [5, 5.41) is 19.3. The van der Waals surface area contributed by atoms with E-state index in [4.69, 9.17) is 0 Å². The van der Waals surface area contributed by atoms with Crippen LogP contribution in [0.2, 0.25) is 0 Å². The van der Waals surface area contributed by atoms with Crippen molar-refractivity contribution in [3.8, 4) is 0 Å². The highest BCUT2D eigenvalue weighted by Gasteiger charge is 2.15. The molecule has 2 amide bonds. The van der Waals surface area contributed by atoms with Gasteiger partial charge in [-0.1, -0.05) is 0 Å². The number of benzene rings is 1. The molecule has 1 aromatic heterocycles. The number of urea groups is 1. The van der Waals surface area contributed by atoms with Crippen LogP contribution in [0.4, 0.5) is 16.2 Å². The number of nitrogens with zero attached hydrogens (tertiary/aromatic N) is 1. The highest BCUT2D eigenvalue weighted by molar-refractivity contribution is 7.07. The van der Waals surface area contributed by atoms with Gasteiger partial charge in [-0.05, 0) is 65.9 Å². The lowest BCUT2D eigenvalue weighted by atomic mass is 10.1. The fraction of sp³-hybridized carbons (Fsp3) is 0.389. The standard InChI is InChI=1S/C18H23N3O2S/c1-13-10-15(4-5-16(13)21-7-2-3-8-21)20-18(23)19-11-17(22)14-6-9-24-12-14/h4-6,9-10,12,17,22H,2-3,7-8,11H2,1H3,(H2,19,20,23). The average molecular weight is 345 g/mol. The number of aliphatic hydroxyl groups is 1. The Morgan fingerprint density at radius 3 is 2.79 bits per heavy atom. The molecule has 0 aliphatic carbocycles. The fourth-order valence-corrected chi connectivity index (χ4v) is 3.70. The highest BCUT2D eigenvalue weighted by atomic mass is 32.1. The summed E-state index contributed by atoms with van der Waals surface area (Å²) in [6.45, 7) is 4.47. The van der Waals surface area contributed by atoms with Gasteiger partial charge in [0.1, 0.15) is 0 Å². The summed E-state index contributed by atoms with van der Waals surface area (Å²) in [6.07, 6.45) is 1.81. The summed E-state index contributed by atoms with van der Waals surface area (Å²) < 4.78 is 0. The molecule has 1 atom stereocenters. The number of anilines is 2. The van der Waals surface area contributed by atoms with E-state index in [-0.39, 0.29) is 12.6 Å². The van der Waals surface area contributed by atoms with Crippen LogP contribution in [0, 0.1) is 6.92 Å². The molecule has 5 nitrogen and oxygen atoms in total. The van der Waals surface area contributed by atoms with Crippen LogP contribution in [0.1, 0.15) is 30.1 Å². The Hall–Kier alpha value is -2.05. The molecule has 1 aliphatic heterocycles. The van der Waals surface area contributed by atoms with E-state index in [2.05, 4.69) is 28.5 Å². The molecule has 1 aromatic carbocycles. The molecule has 2 heterocycles. The van der Waals surface area contributed by atoms with Crippen LogP contribution in [0.15, 0.2) is 35.0 Å². The summed E-state index contributed by atoms with van der Waals surface area (Å²) in [5.41, 5.74) is 3.99. The number of nitrogens with one attached hydrogen (secondary N) is 2. The molecule has 1 aliphatic rings. The van der Waals surface area contributed by atoms with Gasteiger partial charge in [0.2, 0.25) is 0 Å². The topological polar surface area (TPSA) is 64.6 Å². The van der Waals surface area contributed by atoms with Gasteiger partial charge in [-0.25, -0.2) is 4.79 Å². The van der Waals surface area contributed by atoms with E-state index < -0.39 is 6.10 Å². The van der Waals surface area contributed by atoms with E-state index in [1.807, 2.05) is 29.0 Å². The van der Waals surface area contributed by atoms with Crippen molar-refractivity contribution in [1.82, 2.24) is 5.32 Å². The largest absolute Gasteiger partial charge is 0.387 e. The zero-order valence-electron chi connectivity index (χ0n) is 13.8. The van der Waals surface area contributed by atoms with Crippen LogP contribution in [0.25, 0.3) is 0 Å². The van der Waals surface area contributed by atoms with Crippen molar-refractivity contribution in [3.05, 3.63) is 46.2 Å². The Morgan fingerprint density at radius 1 is 1.33 bits per heavy atom. The zero-order valence-corrected chi connectivity index (χ0v) is 14.6. The predicted molar refractivity (Wildman–Crippen MR) is 98.9 cm³/mol. The van der Waals surface area contributed by atoms with Crippen LogP contribution < -0.4 is 15.5 Å². The Morgan fingerprint density at radius 2 is 2.12 bits per heavy atom. The van der Waals surface area contributed by atoms with Crippen molar-refractivity contribution in [3.63, 3.8) is 0 Å². The Balaban J connectivity index is 1.53. The van der Waals surface area contributed by atoms with Gasteiger partial charge in [-0.2, -0.15) is 11.3 Å². The molecule has 1 fully saturated rings. The maximum absolute atomic E-state index is 12.0. The van der Waals surface area contributed by atoms with Gasteiger partial charge in [0.05, 0.1) is 6.10 Å². The molecule has 2 aromatic rings. The van der Waals surface area contributed by atoms with Gasteiger partial charge in [-0.3, -0.25) is 0 Å².